The number of halogens is 1. The molecule has 1 aliphatic heterocycles. The molecule has 1 aromatic carbocycles. The van der Waals surface area contributed by atoms with Gasteiger partial charge in [0.25, 0.3) is 0 Å². The Bertz CT molecular complexity index is 431. The molecular weight excluding hydrogens is 252 g/mol. The topological polar surface area (TPSA) is 41.6 Å². The van der Waals surface area contributed by atoms with E-state index < -0.39 is 0 Å². The van der Waals surface area contributed by atoms with Gasteiger partial charge in [-0.2, -0.15) is 0 Å². The Balaban J connectivity index is 2.24. The third kappa shape index (κ3) is 3.15. The maximum absolute atomic E-state index is 11.5. The third-order valence-corrected chi connectivity index (χ3v) is 3.14. The van der Waals surface area contributed by atoms with Crippen molar-refractivity contribution in [2.75, 3.05) is 36.5 Å². The van der Waals surface area contributed by atoms with Crippen molar-refractivity contribution in [1.82, 2.24) is 0 Å². The minimum absolute atomic E-state index is 0.00761. The number of carbonyl (C=O) groups is 1. The average molecular weight is 269 g/mol. The van der Waals surface area contributed by atoms with Crippen LogP contribution in [0.15, 0.2) is 18.2 Å². The summed E-state index contributed by atoms with van der Waals surface area (Å²) in [7, 11) is 0. The predicted molar refractivity (Wildman–Crippen MR) is 73.4 cm³/mol. The molecule has 0 atom stereocenters. The summed E-state index contributed by atoms with van der Waals surface area (Å²) < 4.78 is 5.33. The highest BCUT2D eigenvalue weighted by atomic mass is 35.5. The lowest BCUT2D eigenvalue weighted by atomic mass is 10.2. The molecule has 0 radical (unpaired) electrons. The largest absolute Gasteiger partial charge is 0.378 e. The molecule has 18 heavy (non-hydrogen) atoms. The maximum Gasteiger partial charge on any atom is 0.224 e. The smallest absolute Gasteiger partial charge is 0.224 e. The van der Waals surface area contributed by atoms with Crippen molar-refractivity contribution >= 4 is 28.9 Å². The molecule has 0 aliphatic carbocycles. The van der Waals surface area contributed by atoms with Crippen LogP contribution in [0.5, 0.6) is 0 Å². The first-order valence-electron chi connectivity index (χ1n) is 6.13. The van der Waals surface area contributed by atoms with Gasteiger partial charge in [0.15, 0.2) is 0 Å². The summed E-state index contributed by atoms with van der Waals surface area (Å²) in [6.45, 7) is 4.91. The third-order valence-electron chi connectivity index (χ3n) is 2.91. The normalized spacial score (nSPS) is 15.6. The fourth-order valence-electron chi connectivity index (χ4n) is 1.93. The van der Waals surface area contributed by atoms with Crippen LogP contribution in [-0.2, 0) is 9.53 Å². The van der Waals surface area contributed by atoms with Crippen LogP contribution in [0.1, 0.15) is 13.3 Å². The van der Waals surface area contributed by atoms with Crippen LogP contribution in [0.2, 0.25) is 5.02 Å². The van der Waals surface area contributed by atoms with Gasteiger partial charge in [0, 0.05) is 24.5 Å². The molecule has 1 amide bonds. The Kier molecular flexibility index (Phi) is 4.44. The number of nitrogens with zero attached hydrogens (tertiary/aromatic N) is 1. The highest BCUT2D eigenvalue weighted by Crippen LogP contribution is 2.29. The van der Waals surface area contributed by atoms with Crippen LogP contribution in [0.3, 0.4) is 0 Å². The van der Waals surface area contributed by atoms with Gasteiger partial charge >= 0.3 is 0 Å². The van der Waals surface area contributed by atoms with Gasteiger partial charge in [-0.15, -0.1) is 0 Å². The maximum atomic E-state index is 11.5. The minimum Gasteiger partial charge on any atom is -0.378 e. The van der Waals surface area contributed by atoms with Crippen LogP contribution >= 0.6 is 11.6 Å². The van der Waals surface area contributed by atoms with Gasteiger partial charge in [0.05, 0.1) is 24.6 Å². The second-order valence-electron chi connectivity index (χ2n) is 4.16. The Morgan fingerprint density at radius 3 is 2.83 bits per heavy atom. The quantitative estimate of drug-likeness (QED) is 0.916. The van der Waals surface area contributed by atoms with Crippen molar-refractivity contribution in [3.05, 3.63) is 23.2 Å². The first kappa shape index (κ1) is 13.2. The SMILES string of the molecule is CCC(=O)Nc1cc(Cl)ccc1N1CCOCC1. The number of morpholine rings is 1. The zero-order chi connectivity index (χ0) is 13.0. The summed E-state index contributed by atoms with van der Waals surface area (Å²) in [5, 5.41) is 3.52. The van der Waals surface area contributed by atoms with Gasteiger partial charge in [-0.1, -0.05) is 18.5 Å². The standard InChI is InChI=1S/C13H17ClN2O2/c1-2-13(17)15-11-9-10(14)3-4-12(11)16-5-7-18-8-6-16/h3-4,9H,2,5-8H2,1H3,(H,15,17). The number of rotatable bonds is 3. The second-order valence-corrected chi connectivity index (χ2v) is 4.60. The van der Waals surface area contributed by atoms with E-state index in [0.717, 1.165) is 24.5 Å². The summed E-state index contributed by atoms with van der Waals surface area (Å²) in [5.74, 6) is -0.00761. The molecule has 1 saturated heterocycles. The molecule has 0 spiro atoms. The molecule has 98 valence electrons. The molecule has 4 nitrogen and oxygen atoms in total. The molecule has 1 aliphatic rings. The van der Waals surface area contributed by atoms with Crippen molar-refractivity contribution in [2.45, 2.75) is 13.3 Å². The van der Waals surface area contributed by atoms with Crippen molar-refractivity contribution in [3.63, 3.8) is 0 Å². The van der Waals surface area contributed by atoms with Crippen molar-refractivity contribution in [3.8, 4) is 0 Å². The second kappa shape index (κ2) is 6.07. The van der Waals surface area contributed by atoms with Crippen LogP contribution in [0, 0.1) is 0 Å². The van der Waals surface area contributed by atoms with Crippen LogP contribution in [0.4, 0.5) is 11.4 Å². The minimum atomic E-state index is -0.00761. The van der Waals surface area contributed by atoms with E-state index in [1.54, 1.807) is 6.07 Å². The van der Waals surface area contributed by atoms with Gasteiger partial charge in [-0.05, 0) is 18.2 Å². The number of hydrogen-bond acceptors (Lipinski definition) is 3. The van der Waals surface area contributed by atoms with Gasteiger partial charge in [-0.3, -0.25) is 4.79 Å². The summed E-state index contributed by atoms with van der Waals surface area (Å²) in [4.78, 5) is 13.7. The van der Waals surface area contributed by atoms with Crippen LogP contribution < -0.4 is 10.2 Å². The van der Waals surface area contributed by atoms with E-state index >= 15 is 0 Å². The molecule has 1 aromatic rings. The first-order chi connectivity index (χ1) is 8.70. The zero-order valence-electron chi connectivity index (χ0n) is 10.4. The molecule has 0 saturated carbocycles. The molecule has 0 unspecified atom stereocenters. The Labute approximate surface area is 112 Å². The van der Waals surface area contributed by atoms with Gasteiger partial charge in [-0.25, -0.2) is 0 Å². The van der Waals surface area contributed by atoms with E-state index in [9.17, 15) is 4.79 Å². The van der Waals surface area contributed by atoms with E-state index in [1.165, 1.54) is 0 Å². The Morgan fingerprint density at radius 1 is 1.44 bits per heavy atom. The summed E-state index contributed by atoms with van der Waals surface area (Å²) in [5.41, 5.74) is 1.78. The molecule has 5 heteroatoms. The van der Waals surface area contributed by atoms with E-state index in [1.807, 2.05) is 19.1 Å². The number of anilines is 2. The zero-order valence-corrected chi connectivity index (χ0v) is 11.2. The lowest BCUT2D eigenvalue weighted by Crippen LogP contribution is -2.36. The van der Waals surface area contributed by atoms with E-state index in [2.05, 4.69) is 10.2 Å². The predicted octanol–water partition coefficient (Wildman–Crippen LogP) is 2.53. The van der Waals surface area contributed by atoms with Crippen LogP contribution in [0.25, 0.3) is 0 Å². The Morgan fingerprint density at radius 2 is 2.17 bits per heavy atom. The van der Waals surface area contributed by atoms with Gasteiger partial charge in [0.1, 0.15) is 0 Å². The highest BCUT2D eigenvalue weighted by Gasteiger charge is 2.16. The molecular formula is C13H17ClN2O2. The van der Waals surface area contributed by atoms with Crippen molar-refractivity contribution in [2.24, 2.45) is 0 Å². The molecule has 2 rings (SSSR count). The summed E-state index contributed by atoms with van der Waals surface area (Å²) in [6, 6.07) is 5.58. The summed E-state index contributed by atoms with van der Waals surface area (Å²) in [6.07, 6.45) is 0.453. The lowest BCUT2D eigenvalue weighted by Gasteiger charge is -2.30. The van der Waals surface area contributed by atoms with Gasteiger partial charge in [0.2, 0.25) is 5.91 Å². The number of hydrogen-bond donors (Lipinski definition) is 1. The summed E-state index contributed by atoms with van der Waals surface area (Å²) >= 11 is 5.99. The van der Waals surface area contributed by atoms with Crippen molar-refractivity contribution < 1.29 is 9.53 Å². The first-order valence-corrected chi connectivity index (χ1v) is 6.50. The molecule has 1 heterocycles. The lowest BCUT2D eigenvalue weighted by molar-refractivity contribution is -0.115. The number of carbonyl (C=O) groups excluding carboxylic acids is 1. The number of amides is 1. The van der Waals surface area contributed by atoms with E-state index in [4.69, 9.17) is 16.3 Å². The van der Waals surface area contributed by atoms with E-state index in [-0.39, 0.29) is 5.91 Å². The molecule has 0 aromatic heterocycles. The van der Waals surface area contributed by atoms with E-state index in [0.29, 0.717) is 24.7 Å². The highest BCUT2D eigenvalue weighted by molar-refractivity contribution is 6.31. The Hall–Kier alpha value is -1.26. The van der Waals surface area contributed by atoms with Crippen molar-refractivity contribution in [1.29, 1.82) is 0 Å². The fraction of sp³-hybridized carbons (Fsp3) is 0.462. The number of benzene rings is 1. The fourth-order valence-corrected chi connectivity index (χ4v) is 2.10. The molecule has 1 fully saturated rings. The average Bonchev–Trinajstić information content (AvgIpc) is 2.40. The number of nitrogens with one attached hydrogen (secondary N) is 1. The molecule has 0 bridgehead atoms. The van der Waals surface area contributed by atoms with Crippen LogP contribution in [-0.4, -0.2) is 32.2 Å². The van der Waals surface area contributed by atoms with Gasteiger partial charge < -0.3 is 15.0 Å². The number of ether oxygens (including phenoxy) is 1. The monoisotopic (exact) mass is 268 g/mol. The molecule has 1 N–H and O–H groups in total.